The summed E-state index contributed by atoms with van der Waals surface area (Å²) in [6.45, 7) is 8.27. The van der Waals surface area contributed by atoms with Crippen LogP contribution in [0.25, 0.3) is 6.08 Å². The van der Waals surface area contributed by atoms with Gasteiger partial charge in [0.15, 0.2) is 0 Å². The summed E-state index contributed by atoms with van der Waals surface area (Å²) >= 11 is 0. The summed E-state index contributed by atoms with van der Waals surface area (Å²) in [5, 5.41) is 0. The maximum atomic E-state index is 12.8. The van der Waals surface area contributed by atoms with Crippen LogP contribution in [0, 0.1) is 0 Å². The van der Waals surface area contributed by atoms with Gasteiger partial charge in [-0.25, -0.2) is 0 Å². The molecule has 1 aliphatic rings. The van der Waals surface area contributed by atoms with Crippen molar-refractivity contribution in [2.75, 3.05) is 26.2 Å². The molecule has 0 spiro atoms. The standard InChI is InChI=1S/C21H32N2O/c1-3-22(4-2)17-18-23(20-13-9-6-10-14-20)21(24)16-15-19-11-7-5-8-12-19/h5,7-8,11-12,15-16,20H,3-4,6,9-10,13-14,17-18H2,1-2H3/b16-15+. The van der Waals surface area contributed by atoms with Crippen LogP contribution in [0.5, 0.6) is 0 Å². The van der Waals surface area contributed by atoms with E-state index in [0.29, 0.717) is 6.04 Å². The van der Waals surface area contributed by atoms with E-state index in [1.165, 1.54) is 19.3 Å². The highest BCUT2D eigenvalue weighted by molar-refractivity contribution is 5.92. The van der Waals surface area contributed by atoms with Crippen molar-refractivity contribution < 1.29 is 4.79 Å². The summed E-state index contributed by atoms with van der Waals surface area (Å²) in [7, 11) is 0. The third-order valence-corrected chi connectivity index (χ3v) is 5.07. The fraction of sp³-hybridized carbons (Fsp3) is 0.571. The zero-order chi connectivity index (χ0) is 17.2. The van der Waals surface area contributed by atoms with Gasteiger partial charge in [0, 0.05) is 25.2 Å². The van der Waals surface area contributed by atoms with Gasteiger partial charge in [-0.1, -0.05) is 63.4 Å². The Hall–Kier alpha value is -1.61. The van der Waals surface area contributed by atoms with Crippen LogP contribution >= 0.6 is 0 Å². The lowest BCUT2D eigenvalue weighted by Gasteiger charge is -2.35. The van der Waals surface area contributed by atoms with Gasteiger partial charge < -0.3 is 9.80 Å². The zero-order valence-corrected chi connectivity index (χ0v) is 15.3. The number of likely N-dealkylation sites (N-methyl/N-ethyl adjacent to an activating group) is 1. The molecule has 0 aliphatic heterocycles. The second kappa shape index (κ2) is 10.3. The highest BCUT2D eigenvalue weighted by atomic mass is 16.2. The smallest absolute Gasteiger partial charge is 0.246 e. The molecule has 0 heterocycles. The normalized spacial score (nSPS) is 16.0. The monoisotopic (exact) mass is 328 g/mol. The molecule has 3 nitrogen and oxygen atoms in total. The first-order valence-electron chi connectivity index (χ1n) is 9.50. The van der Waals surface area contributed by atoms with Gasteiger partial charge in [0.05, 0.1) is 0 Å². The molecule has 24 heavy (non-hydrogen) atoms. The van der Waals surface area contributed by atoms with Crippen LogP contribution in [0.4, 0.5) is 0 Å². The molecule has 0 unspecified atom stereocenters. The quantitative estimate of drug-likeness (QED) is 0.668. The fourth-order valence-electron chi connectivity index (χ4n) is 3.48. The molecule has 1 aliphatic carbocycles. The Morgan fingerprint density at radius 3 is 2.33 bits per heavy atom. The largest absolute Gasteiger partial charge is 0.335 e. The van der Waals surface area contributed by atoms with Crippen molar-refractivity contribution in [3.8, 4) is 0 Å². The van der Waals surface area contributed by atoms with Gasteiger partial charge in [-0.3, -0.25) is 4.79 Å². The summed E-state index contributed by atoms with van der Waals surface area (Å²) in [5.74, 6) is 0.165. The molecular weight excluding hydrogens is 296 g/mol. The maximum absolute atomic E-state index is 12.8. The van der Waals surface area contributed by atoms with Crippen LogP contribution in [0.15, 0.2) is 36.4 Å². The Bertz CT molecular complexity index is 502. The van der Waals surface area contributed by atoms with Crippen molar-refractivity contribution in [1.82, 2.24) is 9.80 Å². The molecule has 0 N–H and O–H groups in total. The summed E-state index contributed by atoms with van der Waals surface area (Å²) in [6, 6.07) is 10.5. The highest BCUT2D eigenvalue weighted by Crippen LogP contribution is 2.23. The summed E-state index contributed by atoms with van der Waals surface area (Å²) in [6.07, 6.45) is 9.83. The molecule has 1 amide bonds. The summed E-state index contributed by atoms with van der Waals surface area (Å²) < 4.78 is 0. The topological polar surface area (TPSA) is 23.6 Å². The first-order chi connectivity index (χ1) is 11.7. The third-order valence-electron chi connectivity index (χ3n) is 5.07. The van der Waals surface area contributed by atoms with Crippen molar-refractivity contribution in [2.24, 2.45) is 0 Å². The number of carbonyl (C=O) groups excluding carboxylic acids is 1. The zero-order valence-electron chi connectivity index (χ0n) is 15.3. The van der Waals surface area contributed by atoms with Gasteiger partial charge in [0.1, 0.15) is 0 Å². The predicted molar refractivity (Wildman–Crippen MR) is 102 cm³/mol. The van der Waals surface area contributed by atoms with Gasteiger partial charge in [0.25, 0.3) is 0 Å². The van der Waals surface area contributed by atoms with Gasteiger partial charge in [0.2, 0.25) is 5.91 Å². The number of rotatable bonds is 8. The maximum Gasteiger partial charge on any atom is 0.246 e. The van der Waals surface area contributed by atoms with Crippen LogP contribution in [-0.4, -0.2) is 47.9 Å². The lowest BCUT2D eigenvalue weighted by Crippen LogP contribution is -2.45. The number of nitrogens with zero attached hydrogens (tertiary/aromatic N) is 2. The van der Waals surface area contributed by atoms with Crippen molar-refractivity contribution in [1.29, 1.82) is 0 Å². The van der Waals surface area contributed by atoms with Crippen LogP contribution < -0.4 is 0 Å². The number of hydrogen-bond acceptors (Lipinski definition) is 2. The van der Waals surface area contributed by atoms with Crippen molar-refractivity contribution >= 4 is 12.0 Å². The van der Waals surface area contributed by atoms with Gasteiger partial charge in [-0.15, -0.1) is 0 Å². The molecule has 1 aromatic rings. The van der Waals surface area contributed by atoms with Crippen LogP contribution in [0.2, 0.25) is 0 Å². The Labute approximate surface area is 147 Å². The molecule has 1 aromatic carbocycles. The molecule has 0 bridgehead atoms. The van der Waals surface area contributed by atoms with Gasteiger partial charge in [-0.05, 0) is 37.6 Å². The molecule has 0 radical (unpaired) electrons. The van der Waals surface area contributed by atoms with Crippen LogP contribution in [-0.2, 0) is 4.79 Å². The molecule has 132 valence electrons. The summed E-state index contributed by atoms with van der Waals surface area (Å²) in [5.41, 5.74) is 1.08. The molecule has 0 aromatic heterocycles. The fourth-order valence-corrected chi connectivity index (χ4v) is 3.48. The Balaban J connectivity index is 2.02. The van der Waals surface area contributed by atoms with E-state index < -0.39 is 0 Å². The van der Waals surface area contributed by atoms with E-state index in [0.717, 1.165) is 44.6 Å². The number of benzene rings is 1. The Morgan fingerprint density at radius 1 is 1.04 bits per heavy atom. The molecule has 0 saturated heterocycles. The SMILES string of the molecule is CCN(CC)CCN(C(=O)/C=C/c1ccccc1)C1CCCCC1. The van der Waals surface area contributed by atoms with E-state index in [-0.39, 0.29) is 5.91 Å². The lowest BCUT2D eigenvalue weighted by atomic mass is 9.94. The van der Waals surface area contributed by atoms with Crippen molar-refractivity contribution in [3.63, 3.8) is 0 Å². The van der Waals surface area contributed by atoms with E-state index in [9.17, 15) is 4.79 Å². The van der Waals surface area contributed by atoms with Gasteiger partial charge >= 0.3 is 0 Å². The lowest BCUT2D eigenvalue weighted by molar-refractivity contribution is -0.129. The number of hydrogen-bond donors (Lipinski definition) is 0. The van der Waals surface area contributed by atoms with Crippen LogP contribution in [0.1, 0.15) is 51.5 Å². The molecule has 2 rings (SSSR count). The molecule has 1 fully saturated rings. The van der Waals surface area contributed by atoms with Crippen molar-refractivity contribution in [2.45, 2.75) is 52.0 Å². The first kappa shape index (κ1) is 18.7. The van der Waals surface area contributed by atoms with Crippen LogP contribution in [0.3, 0.4) is 0 Å². The van der Waals surface area contributed by atoms with E-state index in [4.69, 9.17) is 0 Å². The van der Waals surface area contributed by atoms with Gasteiger partial charge in [-0.2, -0.15) is 0 Å². The number of carbonyl (C=O) groups is 1. The third kappa shape index (κ3) is 5.79. The molecular formula is C21H32N2O. The van der Waals surface area contributed by atoms with E-state index in [2.05, 4.69) is 23.6 Å². The van der Waals surface area contributed by atoms with E-state index in [1.807, 2.05) is 36.4 Å². The highest BCUT2D eigenvalue weighted by Gasteiger charge is 2.24. The average molecular weight is 329 g/mol. The average Bonchev–Trinajstić information content (AvgIpc) is 2.65. The predicted octanol–water partition coefficient (Wildman–Crippen LogP) is 4.20. The van der Waals surface area contributed by atoms with Crippen molar-refractivity contribution in [3.05, 3.63) is 42.0 Å². The Kier molecular flexibility index (Phi) is 8.03. The Morgan fingerprint density at radius 2 is 1.71 bits per heavy atom. The molecule has 1 saturated carbocycles. The van der Waals surface area contributed by atoms with E-state index in [1.54, 1.807) is 6.08 Å². The second-order valence-corrected chi connectivity index (χ2v) is 6.59. The summed E-state index contributed by atoms with van der Waals surface area (Å²) in [4.78, 5) is 17.3. The minimum atomic E-state index is 0.165. The van der Waals surface area contributed by atoms with E-state index >= 15 is 0 Å². The second-order valence-electron chi connectivity index (χ2n) is 6.59. The molecule has 0 atom stereocenters. The number of amides is 1. The minimum absolute atomic E-state index is 0.165. The first-order valence-corrected chi connectivity index (χ1v) is 9.50. The molecule has 3 heteroatoms. The minimum Gasteiger partial charge on any atom is -0.335 e.